The lowest BCUT2D eigenvalue weighted by Crippen LogP contribution is -2.43. The highest BCUT2D eigenvalue weighted by molar-refractivity contribution is 5.85. The minimum absolute atomic E-state index is 0. The normalized spacial score (nSPS) is 29.9. The molecular formula is C12H23ClN2O. The molecular weight excluding hydrogens is 224 g/mol. The Hall–Kier alpha value is -0.280. The third kappa shape index (κ3) is 3.11. The van der Waals surface area contributed by atoms with Crippen molar-refractivity contribution in [1.82, 2.24) is 10.2 Å². The van der Waals surface area contributed by atoms with E-state index in [-0.39, 0.29) is 18.3 Å². The first-order chi connectivity index (χ1) is 7.31. The van der Waals surface area contributed by atoms with Crippen LogP contribution in [-0.2, 0) is 4.79 Å². The number of nitrogens with zero attached hydrogens (tertiary/aromatic N) is 1. The number of amides is 1. The van der Waals surface area contributed by atoms with E-state index < -0.39 is 0 Å². The van der Waals surface area contributed by atoms with Crippen molar-refractivity contribution in [2.75, 3.05) is 26.2 Å². The first kappa shape index (κ1) is 13.8. The largest absolute Gasteiger partial charge is 0.342 e. The van der Waals surface area contributed by atoms with E-state index in [2.05, 4.69) is 17.1 Å². The molecule has 2 saturated heterocycles. The maximum Gasteiger partial charge on any atom is 0.227 e. The van der Waals surface area contributed by atoms with Gasteiger partial charge in [-0.1, -0.05) is 13.3 Å². The second-order valence-corrected chi connectivity index (χ2v) is 4.89. The molecule has 94 valence electrons. The lowest BCUT2D eigenvalue weighted by atomic mass is 9.94. The number of piperidine rings is 1. The summed E-state index contributed by atoms with van der Waals surface area (Å²) in [6.07, 6.45) is 4.76. The average Bonchev–Trinajstić information content (AvgIpc) is 2.81. The lowest BCUT2D eigenvalue weighted by Gasteiger charge is -2.33. The highest BCUT2D eigenvalue weighted by Gasteiger charge is 2.29. The molecule has 0 spiro atoms. The van der Waals surface area contributed by atoms with Gasteiger partial charge < -0.3 is 10.2 Å². The molecule has 3 nitrogen and oxygen atoms in total. The molecule has 0 aromatic rings. The van der Waals surface area contributed by atoms with Gasteiger partial charge in [0.2, 0.25) is 5.91 Å². The molecule has 2 rings (SSSR count). The van der Waals surface area contributed by atoms with Crippen LogP contribution in [0.5, 0.6) is 0 Å². The van der Waals surface area contributed by atoms with Crippen molar-refractivity contribution in [3.8, 4) is 0 Å². The highest BCUT2D eigenvalue weighted by atomic mass is 35.5. The summed E-state index contributed by atoms with van der Waals surface area (Å²) in [6.45, 7) is 6.14. The maximum absolute atomic E-state index is 12.1. The van der Waals surface area contributed by atoms with Crippen LogP contribution in [0.2, 0.25) is 0 Å². The summed E-state index contributed by atoms with van der Waals surface area (Å²) in [6, 6.07) is 0. The molecule has 2 fully saturated rings. The molecule has 4 heteroatoms. The molecule has 16 heavy (non-hydrogen) atoms. The first-order valence-corrected chi connectivity index (χ1v) is 6.30. The van der Waals surface area contributed by atoms with Gasteiger partial charge in [-0.05, 0) is 31.7 Å². The quantitative estimate of drug-likeness (QED) is 0.804. The Morgan fingerprint density at radius 2 is 2.25 bits per heavy atom. The molecule has 2 atom stereocenters. The minimum atomic E-state index is 0. The maximum atomic E-state index is 12.1. The number of likely N-dealkylation sites (tertiary alicyclic amines) is 1. The highest BCUT2D eigenvalue weighted by Crippen LogP contribution is 2.22. The van der Waals surface area contributed by atoms with Crippen molar-refractivity contribution in [2.24, 2.45) is 11.8 Å². The van der Waals surface area contributed by atoms with Crippen LogP contribution < -0.4 is 5.32 Å². The summed E-state index contributed by atoms with van der Waals surface area (Å²) < 4.78 is 0. The van der Waals surface area contributed by atoms with Gasteiger partial charge in [-0.3, -0.25) is 4.79 Å². The van der Waals surface area contributed by atoms with Crippen molar-refractivity contribution in [2.45, 2.75) is 32.6 Å². The zero-order chi connectivity index (χ0) is 10.7. The third-order valence-electron chi connectivity index (χ3n) is 3.82. The second-order valence-electron chi connectivity index (χ2n) is 4.89. The van der Waals surface area contributed by atoms with Crippen LogP contribution in [0, 0.1) is 11.8 Å². The van der Waals surface area contributed by atoms with Crippen LogP contribution >= 0.6 is 12.4 Å². The lowest BCUT2D eigenvalue weighted by molar-refractivity contribution is -0.136. The number of nitrogens with one attached hydrogen (secondary N) is 1. The summed E-state index contributed by atoms with van der Waals surface area (Å²) in [5.41, 5.74) is 0. The summed E-state index contributed by atoms with van der Waals surface area (Å²) in [7, 11) is 0. The van der Waals surface area contributed by atoms with E-state index in [1.54, 1.807) is 0 Å². The summed E-state index contributed by atoms with van der Waals surface area (Å²) in [5, 5.41) is 3.27. The SMILES string of the molecule is CCC1CCCN(C(=O)[C@@H]2CCNC2)C1.Cl. The Bertz CT molecular complexity index is 229. The zero-order valence-corrected chi connectivity index (χ0v) is 10.9. The average molecular weight is 247 g/mol. The molecule has 0 aliphatic carbocycles. The fraction of sp³-hybridized carbons (Fsp3) is 0.917. The van der Waals surface area contributed by atoms with E-state index in [0.29, 0.717) is 5.91 Å². The molecule has 0 aromatic carbocycles. The van der Waals surface area contributed by atoms with Gasteiger partial charge in [0, 0.05) is 19.6 Å². The minimum Gasteiger partial charge on any atom is -0.342 e. The predicted molar refractivity (Wildman–Crippen MR) is 67.8 cm³/mol. The smallest absolute Gasteiger partial charge is 0.227 e. The Kier molecular flexibility index (Phi) is 5.56. The topological polar surface area (TPSA) is 32.3 Å². The van der Waals surface area contributed by atoms with Gasteiger partial charge in [0.05, 0.1) is 5.92 Å². The zero-order valence-electron chi connectivity index (χ0n) is 10.1. The molecule has 0 saturated carbocycles. The molecule has 1 amide bonds. The van der Waals surface area contributed by atoms with Gasteiger partial charge in [-0.15, -0.1) is 12.4 Å². The van der Waals surface area contributed by atoms with Crippen molar-refractivity contribution < 1.29 is 4.79 Å². The van der Waals surface area contributed by atoms with Gasteiger partial charge in [-0.25, -0.2) is 0 Å². The van der Waals surface area contributed by atoms with Crippen LogP contribution in [0.1, 0.15) is 32.6 Å². The number of rotatable bonds is 2. The van der Waals surface area contributed by atoms with Crippen LogP contribution in [0.15, 0.2) is 0 Å². The number of carbonyl (C=O) groups is 1. The van der Waals surface area contributed by atoms with Gasteiger partial charge in [0.25, 0.3) is 0 Å². The Morgan fingerprint density at radius 1 is 1.44 bits per heavy atom. The molecule has 0 radical (unpaired) electrons. The summed E-state index contributed by atoms with van der Waals surface area (Å²) >= 11 is 0. The molecule has 1 unspecified atom stereocenters. The van der Waals surface area contributed by atoms with Crippen molar-refractivity contribution in [3.63, 3.8) is 0 Å². The van der Waals surface area contributed by atoms with E-state index in [4.69, 9.17) is 0 Å². The Labute approximate surface area is 104 Å². The van der Waals surface area contributed by atoms with Crippen LogP contribution in [0.4, 0.5) is 0 Å². The van der Waals surface area contributed by atoms with E-state index in [0.717, 1.165) is 38.5 Å². The fourth-order valence-corrected chi connectivity index (χ4v) is 2.72. The monoisotopic (exact) mass is 246 g/mol. The van der Waals surface area contributed by atoms with Crippen LogP contribution in [-0.4, -0.2) is 37.0 Å². The van der Waals surface area contributed by atoms with E-state index in [1.807, 2.05) is 0 Å². The molecule has 1 N–H and O–H groups in total. The van der Waals surface area contributed by atoms with E-state index in [9.17, 15) is 4.79 Å². The second kappa shape index (κ2) is 6.45. The summed E-state index contributed by atoms with van der Waals surface area (Å²) in [5.74, 6) is 1.41. The molecule has 0 aromatic heterocycles. The van der Waals surface area contributed by atoms with Crippen molar-refractivity contribution in [1.29, 1.82) is 0 Å². The number of hydrogen-bond donors (Lipinski definition) is 1. The fourth-order valence-electron chi connectivity index (χ4n) is 2.72. The Morgan fingerprint density at radius 3 is 2.88 bits per heavy atom. The molecule has 0 bridgehead atoms. The number of halogens is 1. The summed E-state index contributed by atoms with van der Waals surface area (Å²) in [4.78, 5) is 14.3. The standard InChI is InChI=1S/C12H22N2O.ClH/c1-2-10-4-3-7-14(9-10)12(15)11-5-6-13-8-11;/h10-11,13H,2-9H2,1H3;1H/t10?,11-;/m1./s1. The molecule has 2 heterocycles. The number of carbonyl (C=O) groups excluding carboxylic acids is 1. The predicted octanol–water partition coefficient (Wildman–Crippen LogP) is 1.67. The third-order valence-corrected chi connectivity index (χ3v) is 3.82. The van der Waals surface area contributed by atoms with E-state index >= 15 is 0 Å². The Balaban J connectivity index is 0.00000128. The molecule has 2 aliphatic heterocycles. The number of hydrogen-bond acceptors (Lipinski definition) is 2. The van der Waals surface area contributed by atoms with Gasteiger partial charge in [0.1, 0.15) is 0 Å². The van der Waals surface area contributed by atoms with Crippen LogP contribution in [0.25, 0.3) is 0 Å². The first-order valence-electron chi connectivity index (χ1n) is 6.30. The van der Waals surface area contributed by atoms with Crippen LogP contribution in [0.3, 0.4) is 0 Å². The van der Waals surface area contributed by atoms with Gasteiger partial charge in [0.15, 0.2) is 0 Å². The van der Waals surface area contributed by atoms with Gasteiger partial charge >= 0.3 is 0 Å². The van der Waals surface area contributed by atoms with E-state index in [1.165, 1.54) is 19.3 Å². The molecule has 2 aliphatic rings. The van der Waals surface area contributed by atoms with Crippen molar-refractivity contribution in [3.05, 3.63) is 0 Å². The van der Waals surface area contributed by atoms with Crippen molar-refractivity contribution >= 4 is 18.3 Å². The van der Waals surface area contributed by atoms with Gasteiger partial charge in [-0.2, -0.15) is 0 Å².